The first-order valence-corrected chi connectivity index (χ1v) is 9.18. The summed E-state index contributed by atoms with van der Waals surface area (Å²) in [7, 11) is 1.99. The maximum absolute atomic E-state index is 4.48. The summed E-state index contributed by atoms with van der Waals surface area (Å²) in [6.45, 7) is 5.07. The molecule has 2 aromatic rings. The van der Waals surface area contributed by atoms with Gasteiger partial charge >= 0.3 is 0 Å². The van der Waals surface area contributed by atoms with Crippen LogP contribution in [0.2, 0.25) is 0 Å². The maximum atomic E-state index is 4.48. The molecule has 0 bridgehead atoms. The summed E-state index contributed by atoms with van der Waals surface area (Å²) in [5.41, 5.74) is 3.48. The highest BCUT2D eigenvalue weighted by molar-refractivity contribution is 9.11. The highest BCUT2D eigenvalue weighted by atomic mass is 79.9. The summed E-state index contributed by atoms with van der Waals surface area (Å²) in [4.78, 5) is 0. The van der Waals surface area contributed by atoms with E-state index >= 15 is 0 Å². The lowest BCUT2D eigenvalue weighted by molar-refractivity contribution is 0.526. The van der Waals surface area contributed by atoms with Crippen LogP contribution in [0.15, 0.2) is 31.6 Å². The van der Waals surface area contributed by atoms with Crippen LogP contribution in [0.4, 0.5) is 0 Å². The topological polar surface area (TPSA) is 29.9 Å². The Kier molecular flexibility index (Phi) is 6.05. The molecule has 6 heteroatoms. The number of aromatic nitrogens is 2. The van der Waals surface area contributed by atoms with Gasteiger partial charge in [-0.1, -0.05) is 44.8 Å². The summed E-state index contributed by atoms with van der Waals surface area (Å²) < 4.78 is 5.24. The summed E-state index contributed by atoms with van der Waals surface area (Å²) in [6.07, 6.45) is 0.881. The van der Waals surface area contributed by atoms with E-state index in [1.165, 1.54) is 11.3 Å². The van der Waals surface area contributed by atoms with Crippen LogP contribution in [0.1, 0.15) is 29.9 Å². The normalized spacial score (nSPS) is 12.7. The van der Waals surface area contributed by atoms with E-state index in [1.807, 2.05) is 18.7 Å². The molecule has 0 saturated heterocycles. The number of benzene rings is 1. The van der Waals surface area contributed by atoms with E-state index < -0.39 is 0 Å². The molecule has 1 aromatic heterocycles. The molecule has 21 heavy (non-hydrogen) atoms. The molecule has 1 aromatic carbocycles. The number of hydrogen-bond donors (Lipinski definition) is 1. The lowest BCUT2D eigenvalue weighted by atomic mass is 10.0. The highest BCUT2D eigenvalue weighted by Crippen LogP contribution is 2.31. The monoisotopic (exact) mass is 477 g/mol. The Morgan fingerprint density at radius 1 is 1.29 bits per heavy atom. The number of rotatable bonds is 5. The molecule has 1 unspecified atom stereocenters. The van der Waals surface area contributed by atoms with E-state index in [0.717, 1.165) is 32.1 Å². The first kappa shape index (κ1) is 17.2. The van der Waals surface area contributed by atoms with E-state index in [4.69, 9.17) is 0 Å². The molecule has 1 N–H and O–H groups in total. The molecule has 0 aliphatic carbocycles. The fourth-order valence-electron chi connectivity index (χ4n) is 2.42. The second kappa shape index (κ2) is 7.40. The summed E-state index contributed by atoms with van der Waals surface area (Å²) in [5, 5.41) is 8.04. The predicted molar refractivity (Wildman–Crippen MR) is 97.6 cm³/mol. The van der Waals surface area contributed by atoms with Gasteiger partial charge in [-0.25, -0.2) is 0 Å². The minimum atomic E-state index is 0.239. The van der Waals surface area contributed by atoms with Gasteiger partial charge in [0.2, 0.25) is 0 Å². The highest BCUT2D eigenvalue weighted by Gasteiger charge is 2.19. The van der Waals surface area contributed by atoms with E-state index in [-0.39, 0.29) is 6.04 Å². The van der Waals surface area contributed by atoms with Crippen molar-refractivity contribution in [2.45, 2.75) is 26.3 Å². The maximum Gasteiger partial charge on any atom is 0.0738 e. The Hall–Kier alpha value is -0.170. The van der Waals surface area contributed by atoms with Crippen molar-refractivity contribution < 1.29 is 0 Å². The number of likely N-dealkylation sites (N-methyl/N-ethyl adjacent to an activating group) is 1. The van der Waals surface area contributed by atoms with Crippen molar-refractivity contribution in [2.24, 2.45) is 7.05 Å². The number of hydrogen-bond acceptors (Lipinski definition) is 2. The molecule has 3 nitrogen and oxygen atoms in total. The molecule has 0 radical (unpaired) electrons. The summed E-state index contributed by atoms with van der Waals surface area (Å²) in [5.74, 6) is 0. The van der Waals surface area contributed by atoms with Gasteiger partial charge in [0.1, 0.15) is 0 Å². The predicted octanol–water partition coefficient (Wildman–Crippen LogP) is 4.91. The van der Waals surface area contributed by atoms with Crippen molar-refractivity contribution in [3.8, 4) is 0 Å². The Morgan fingerprint density at radius 3 is 2.52 bits per heavy atom. The third-order valence-corrected chi connectivity index (χ3v) is 5.66. The van der Waals surface area contributed by atoms with E-state index in [1.54, 1.807) is 0 Å². The molecule has 114 valence electrons. The third kappa shape index (κ3) is 3.97. The molecule has 0 saturated carbocycles. The van der Waals surface area contributed by atoms with Crippen molar-refractivity contribution >= 4 is 47.8 Å². The molecule has 1 atom stereocenters. The minimum absolute atomic E-state index is 0.239. The second-order valence-electron chi connectivity index (χ2n) is 4.95. The first-order valence-electron chi connectivity index (χ1n) is 6.80. The zero-order valence-corrected chi connectivity index (χ0v) is 17.0. The molecule has 2 rings (SSSR count). The van der Waals surface area contributed by atoms with Crippen molar-refractivity contribution in [3.63, 3.8) is 0 Å². The van der Waals surface area contributed by atoms with Crippen LogP contribution >= 0.6 is 47.8 Å². The number of halogens is 3. The molecule has 0 aliphatic heterocycles. The molecule has 0 fully saturated rings. The Balaban J connectivity index is 2.35. The zero-order chi connectivity index (χ0) is 15.6. The summed E-state index contributed by atoms with van der Waals surface area (Å²) >= 11 is 10.8. The van der Waals surface area contributed by atoms with Gasteiger partial charge < -0.3 is 5.32 Å². The molecule has 0 amide bonds. The van der Waals surface area contributed by atoms with E-state index in [0.29, 0.717) is 0 Å². The van der Waals surface area contributed by atoms with Crippen molar-refractivity contribution in [3.05, 3.63) is 48.6 Å². The quantitative estimate of drug-likeness (QED) is 0.660. The van der Waals surface area contributed by atoms with Crippen LogP contribution in [0.5, 0.6) is 0 Å². The van der Waals surface area contributed by atoms with Crippen LogP contribution in [0.25, 0.3) is 0 Å². The van der Waals surface area contributed by atoms with Gasteiger partial charge in [-0.05, 0) is 47.1 Å². The molecule has 0 aliphatic rings. The molecule has 0 spiro atoms. The van der Waals surface area contributed by atoms with Gasteiger partial charge in [0.15, 0.2) is 0 Å². The van der Waals surface area contributed by atoms with E-state index in [2.05, 4.69) is 83.3 Å². The standard InChI is InChI=1S/C15H18Br3N3/c1-4-19-13(11-6-5-10(16)7-12(11)17)8-14-15(18)9(2)20-21(14)3/h5-7,13,19H,4,8H2,1-3H3. The Bertz CT molecular complexity index is 637. The first-order chi connectivity index (χ1) is 9.93. The minimum Gasteiger partial charge on any atom is -0.310 e. The van der Waals surface area contributed by atoms with Crippen molar-refractivity contribution in [2.75, 3.05) is 6.54 Å². The van der Waals surface area contributed by atoms with E-state index in [9.17, 15) is 0 Å². The van der Waals surface area contributed by atoms with Gasteiger partial charge in [0.05, 0.1) is 15.9 Å². The molecule has 1 heterocycles. The van der Waals surface area contributed by atoms with Gasteiger partial charge in [0, 0.05) is 28.5 Å². The van der Waals surface area contributed by atoms with Crippen LogP contribution in [-0.2, 0) is 13.5 Å². The van der Waals surface area contributed by atoms with Gasteiger partial charge in [0.25, 0.3) is 0 Å². The smallest absolute Gasteiger partial charge is 0.0738 e. The SMILES string of the molecule is CCNC(Cc1c(Br)c(C)nn1C)c1ccc(Br)cc1Br. The van der Waals surface area contributed by atoms with Crippen molar-refractivity contribution in [1.29, 1.82) is 0 Å². The van der Waals surface area contributed by atoms with Crippen LogP contribution < -0.4 is 5.32 Å². The largest absolute Gasteiger partial charge is 0.310 e. The number of nitrogens with zero attached hydrogens (tertiary/aromatic N) is 2. The average molecular weight is 480 g/mol. The lowest BCUT2D eigenvalue weighted by Crippen LogP contribution is -2.24. The lowest BCUT2D eigenvalue weighted by Gasteiger charge is -2.20. The van der Waals surface area contributed by atoms with Gasteiger partial charge in [-0.2, -0.15) is 5.10 Å². The third-order valence-electron chi connectivity index (χ3n) is 3.45. The van der Waals surface area contributed by atoms with Crippen molar-refractivity contribution in [1.82, 2.24) is 15.1 Å². The average Bonchev–Trinajstić information content (AvgIpc) is 2.65. The van der Waals surface area contributed by atoms with Gasteiger partial charge in [-0.15, -0.1) is 0 Å². The number of aryl methyl sites for hydroxylation is 2. The van der Waals surface area contributed by atoms with Gasteiger partial charge in [-0.3, -0.25) is 4.68 Å². The van der Waals surface area contributed by atoms with Crippen LogP contribution in [0.3, 0.4) is 0 Å². The second-order valence-corrected chi connectivity index (χ2v) is 7.51. The number of nitrogens with one attached hydrogen (secondary N) is 1. The fourth-order valence-corrected chi connectivity index (χ4v) is 4.24. The van der Waals surface area contributed by atoms with Crippen LogP contribution in [-0.4, -0.2) is 16.3 Å². The Labute approximate surface area is 150 Å². The fraction of sp³-hybridized carbons (Fsp3) is 0.400. The molecular weight excluding hydrogens is 462 g/mol. The Morgan fingerprint density at radius 2 is 2.00 bits per heavy atom. The zero-order valence-electron chi connectivity index (χ0n) is 12.3. The van der Waals surface area contributed by atoms with Crippen LogP contribution in [0, 0.1) is 6.92 Å². The summed E-state index contributed by atoms with van der Waals surface area (Å²) in [6, 6.07) is 6.55. The molecular formula is C15H18Br3N3.